The van der Waals surface area contributed by atoms with Crippen LogP contribution in [-0.2, 0) is 14.3 Å². The summed E-state index contributed by atoms with van der Waals surface area (Å²) >= 11 is 0. The van der Waals surface area contributed by atoms with Crippen molar-refractivity contribution < 1.29 is 24.5 Å². The van der Waals surface area contributed by atoms with Gasteiger partial charge in [0, 0.05) is 12.8 Å². The van der Waals surface area contributed by atoms with Gasteiger partial charge in [0.05, 0.1) is 25.4 Å². The lowest BCUT2D eigenvalue weighted by atomic mass is 10.0. The minimum absolute atomic E-state index is 0.0202. The predicted molar refractivity (Wildman–Crippen MR) is 301 cm³/mol. The Balaban J connectivity index is 3.32. The molecule has 0 heterocycles. The normalized spacial score (nSPS) is 12.6. The molecule has 0 saturated heterocycles. The fraction of sp³-hybridized carbons (Fsp3) is 0.937. The largest absolute Gasteiger partial charge is 0.466 e. The number of hydrogen-bond acceptors (Lipinski definition) is 5. The molecule has 6 heteroatoms. The molecule has 1 amide bonds. The lowest BCUT2D eigenvalue weighted by Gasteiger charge is -2.20. The summed E-state index contributed by atoms with van der Waals surface area (Å²) in [4.78, 5) is 24.4. The Bertz CT molecular complexity index is 1030. The molecular weight excluding hydrogens is 851 g/mol. The van der Waals surface area contributed by atoms with E-state index in [-0.39, 0.29) is 18.5 Å². The van der Waals surface area contributed by atoms with Gasteiger partial charge in [-0.1, -0.05) is 321 Å². The minimum atomic E-state index is -0.839. The summed E-state index contributed by atoms with van der Waals surface area (Å²) in [6.45, 7) is 4.91. The zero-order valence-electron chi connectivity index (χ0n) is 46.8. The average Bonchev–Trinajstić information content (AvgIpc) is 3.35. The maximum Gasteiger partial charge on any atom is 0.305 e. The van der Waals surface area contributed by atoms with Gasteiger partial charge in [0.1, 0.15) is 0 Å². The van der Waals surface area contributed by atoms with Crippen LogP contribution in [0.2, 0.25) is 0 Å². The van der Waals surface area contributed by atoms with E-state index in [4.69, 9.17) is 4.74 Å². The van der Waals surface area contributed by atoms with Crippen LogP contribution in [0.25, 0.3) is 0 Å². The molecule has 0 aliphatic heterocycles. The highest BCUT2D eigenvalue weighted by Gasteiger charge is 2.18. The molecule has 0 rings (SSSR count). The number of carbonyl (C=O) groups excluding carboxylic acids is 2. The number of esters is 1. The summed E-state index contributed by atoms with van der Waals surface area (Å²) in [6.07, 6.45) is 71.3. The molecule has 2 unspecified atom stereocenters. The number of amides is 1. The second-order valence-corrected chi connectivity index (χ2v) is 21.8. The van der Waals surface area contributed by atoms with E-state index in [1.807, 2.05) is 6.08 Å². The van der Waals surface area contributed by atoms with Crippen LogP contribution in [0.3, 0.4) is 0 Å². The van der Waals surface area contributed by atoms with Gasteiger partial charge in [-0.3, -0.25) is 9.59 Å². The minimum Gasteiger partial charge on any atom is -0.466 e. The lowest BCUT2D eigenvalue weighted by Crippen LogP contribution is -2.45. The summed E-state index contributed by atoms with van der Waals surface area (Å²) in [5, 5.41) is 23.0. The standard InChI is InChI=1S/C63H123NO5/c1-3-5-7-9-11-13-15-37-41-45-49-53-57-63(68)69-58-54-50-46-42-38-34-32-30-28-26-24-22-20-18-16-17-19-21-23-25-27-29-31-33-36-40-44-48-52-56-62(67)64-60(59-65)61(66)55-51-47-43-39-35-14-12-10-8-6-4-2/h51,55,60-61,65-66H,3-50,52-54,56-59H2,1-2H3,(H,64,67)/b55-51+. The molecule has 0 radical (unpaired) electrons. The number of rotatable bonds is 59. The molecule has 0 aliphatic rings. The first kappa shape index (κ1) is 67.6. The average molecular weight is 975 g/mol. The van der Waals surface area contributed by atoms with Crippen molar-refractivity contribution in [1.29, 1.82) is 0 Å². The van der Waals surface area contributed by atoms with Crippen molar-refractivity contribution in [3.05, 3.63) is 12.2 Å². The molecule has 69 heavy (non-hydrogen) atoms. The maximum atomic E-state index is 12.4. The molecule has 0 aromatic rings. The Morgan fingerprint density at radius 1 is 0.391 bits per heavy atom. The van der Waals surface area contributed by atoms with Crippen LogP contribution in [0, 0.1) is 0 Å². The van der Waals surface area contributed by atoms with Crippen molar-refractivity contribution in [1.82, 2.24) is 5.32 Å². The highest BCUT2D eigenvalue weighted by molar-refractivity contribution is 5.76. The predicted octanol–water partition coefficient (Wildman–Crippen LogP) is 19.6. The van der Waals surface area contributed by atoms with Gasteiger partial charge in [0.2, 0.25) is 5.91 Å². The molecule has 6 nitrogen and oxygen atoms in total. The van der Waals surface area contributed by atoms with E-state index < -0.39 is 12.1 Å². The van der Waals surface area contributed by atoms with E-state index in [9.17, 15) is 19.8 Å². The van der Waals surface area contributed by atoms with E-state index >= 15 is 0 Å². The van der Waals surface area contributed by atoms with Crippen molar-refractivity contribution >= 4 is 11.9 Å². The quantitative estimate of drug-likeness (QED) is 0.0321. The fourth-order valence-electron chi connectivity index (χ4n) is 9.99. The lowest BCUT2D eigenvalue weighted by molar-refractivity contribution is -0.143. The van der Waals surface area contributed by atoms with Crippen LogP contribution in [-0.4, -0.2) is 47.4 Å². The summed E-state index contributed by atoms with van der Waals surface area (Å²) in [5.74, 6) is -0.0439. The molecule has 3 N–H and O–H groups in total. The highest BCUT2D eigenvalue weighted by atomic mass is 16.5. The summed E-state index contributed by atoms with van der Waals surface area (Å²) in [5.41, 5.74) is 0. The third-order valence-corrected chi connectivity index (χ3v) is 14.8. The molecule has 0 bridgehead atoms. The van der Waals surface area contributed by atoms with E-state index in [0.717, 1.165) is 38.5 Å². The number of carbonyl (C=O) groups is 2. The van der Waals surface area contributed by atoms with Gasteiger partial charge in [-0.15, -0.1) is 0 Å². The summed E-state index contributed by atoms with van der Waals surface area (Å²) in [7, 11) is 0. The molecule has 0 aromatic carbocycles. The van der Waals surface area contributed by atoms with Gasteiger partial charge in [-0.2, -0.15) is 0 Å². The third kappa shape index (κ3) is 55.8. The van der Waals surface area contributed by atoms with E-state index in [1.54, 1.807) is 6.08 Å². The van der Waals surface area contributed by atoms with E-state index in [0.29, 0.717) is 19.4 Å². The van der Waals surface area contributed by atoms with E-state index in [2.05, 4.69) is 19.2 Å². The van der Waals surface area contributed by atoms with Crippen molar-refractivity contribution in [3.8, 4) is 0 Å². The monoisotopic (exact) mass is 974 g/mol. The smallest absolute Gasteiger partial charge is 0.305 e. The molecule has 0 fully saturated rings. The van der Waals surface area contributed by atoms with Crippen LogP contribution in [0.1, 0.15) is 354 Å². The second-order valence-electron chi connectivity index (χ2n) is 21.8. The number of aliphatic hydroxyl groups excluding tert-OH is 2. The van der Waals surface area contributed by atoms with Crippen LogP contribution in [0.4, 0.5) is 0 Å². The molecule has 410 valence electrons. The number of hydrogen-bond donors (Lipinski definition) is 3. The Morgan fingerprint density at radius 2 is 0.667 bits per heavy atom. The molecule has 0 spiro atoms. The number of aliphatic hydroxyl groups is 2. The van der Waals surface area contributed by atoms with Gasteiger partial charge in [0.15, 0.2) is 0 Å². The number of nitrogens with one attached hydrogen (secondary N) is 1. The van der Waals surface area contributed by atoms with Crippen LogP contribution in [0.15, 0.2) is 12.2 Å². The zero-order valence-corrected chi connectivity index (χ0v) is 46.8. The summed E-state index contributed by atoms with van der Waals surface area (Å²) < 4.78 is 5.48. The first-order valence-electron chi connectivity index (χ1n) is 31.5. The van der Waals surface area contributed by atoms with Crippen molar-refractivity contribution in [2.24, 2.45) is 0 Å². The summed E-state index contributed by atoms with van der Waals surface area (Å²) in [6, 6.07) is -0.622. The van der Waals surface area contributed by atoms with Crippen molar-refractivity contribution in [2.75, 3.05) is 13.2 Å². The Morgan fingerprint density at radius 3 is 0.986 bits per heavy atom. The SMILES string of the molecule is CCCCCCCCCCC/C=C/C(O)C(CO)NC(=O)CCCCCCCCCCCCCCCCCCCCCCCCCCCCCCCOC(=O)CCCCCCCCCCCCCC. The number of ether oxygens (including phenoxy) is 1. The van der Waals surface area contributed by atoms with Crippen molar-refractivity contribution in [2.45, 2.75) is 366 Å². The first-order valence-corrected chi connectivity index (χ1v) is 31.5. The highest BCUT2D eigenvalue weighted by Crippen LogP contribution is 2.18. The zero-order chi connectivity index (χ0) is 50.0. The van der Waals surface area contributed by atoms with E-state index in [1.165, 1.54) is 289 Å². The Labute approximate surface area is 431 Å². The van der Waals surface area contributed by atoms with Crippen LogP contribution >= 0.6 is 0 Å². The number of allylic oxidation sites excluding steroid dienone is 1. The number of unbranched alkanes of at least 4 members (excludes halogenated alkanes) is 48. The molecule has 2 atom stereocenters. The topological polar surface area (TPSA) is 95.9 Å². The fourth-order valence-corrected chi connectivity index (χ4v) is 9.99. The molecule has 0 aromatic heterocycles. The first-order chi connectivity index (χ1) is 34.0. The molecular formula is C63H123NO5. The van der Waals surface area contributed by atoms with Gasteiger partial charge in [-0.05, 0) is 32.1 Å². The second kappa shape index (κ2) is 59.2. The third-order valence-electron chi connectivity index (χ3n) is 14.8. The Hall–Kier alpha value is -1.40. The van der Waals surface area contributed by atoms with Crippen LogP contribution < -0.4 is 5.32 Å². The maximum absolute atomic E-state index is 12.4. The molecule has 0 aliphatic carbocycles. The van der Waals surface area contributed by atoms with Gasteiger partial charge in [-0.25, -0.2) is 0 Å². The van der Waals surface area contributed by atoms with Crippen LogP contribution in [0.5, 0.6) is 0 Å². The Kier molecular flexibility index (Phi) is 58.0. The van der Waals surface area contributed by atoms with Gasteiger partial charge in [0.25, 0.3) is 0 Å². The van der Waals surface area contributed by atoms with Gasteiger partial charge >= 0.3 is 5.97 Å². The van der Waals surface area contributed by atoms with Gasteiger partial charge < -0.3 is 20.3 Å². The molecule has 0 saturated carbocycles. The van der Waals surface area contributed by atoms with Crippen molar-refractivity contribution in [3.63, 3.8) is 0 Å².